The quantitative estimate of drug-likeness (QED) is 0.627. The van der Waals surface area contributed by atoms with Crippen LogP contribution in [0.5, 0.6) is 0 Å². The molecule has 0 aliphatic heterocycles. The molecule has 0 bridgehead atoms. The zero-order valence-electron chi connectivity index (χ0n) is 13.4. The molecule has 1 aromatic rings. The second kappa shape index (κ2) is 5.07. The largest absolute Gasteiger partial charge is 0.468 e. The van der Waals surface area contributed by atoms with E-state index in [1.165, 1.54) is 39.0 Å². The van der Waals surface area contributed by atoms with Crippen LogP contribution in [-0.4, -0.2) is 0 Å². The van der Waals surface area contributed by atoms with Crippen molar-refractivity contribution in [3.8, 4) is 0 Å². The lowest BCUT2D eigenvalue weighted by Gasteiger charge is -2.12. The predicted octanol–water partition coefficient (Wildman–Crippen LogP) is 5.86. The third-order valence-corrected chi connectivity index (χ3v) is 4.38. The SMILES string of the molecule is CC1=C2C=C(C(C)C)C=CC(C)=C2c2coc(C)c2C=C1. The van der Waals surface area contributed by atoms with Gasteiger partial charge >= 0.3 is 0 Å². The lowest BCUT2D eigenvalue weighted by molar-refractivity contribution is 0.533. The van der Waals surface area contributed by atoms with E-state index in [1.807, 2.05) is 13.2 Å². The highest BCUT2D eigenvalue weighted by molar-refractivity contribution is 5.92. The summed E-state index contributed by atoms with van der Waals surface area (Å²) in [5.74, 6) is 1.50. The fourth-order valence-corrected chi connectivity index (χ4v) is 2.99. The normalized spacial score (nSPS) is 17.7. The second-order valence-electron chi connectivity index (χ2n) is 6.24. The molecule has 2 aliphatic rings. The van der Waals surface area contributed by atoms with E-state index in [0.717, 1.165) is 5.76 Å². The van der Waals surface area contributed by atoms with Crippen molar-refractivity contribution in [3.05, 3.63) is 69.7 Å². The van der Waals surface area contributed by atoms with Crippen LogP contribution in [0.4, 0.5) is 0 Å². The number of hydrogen-bond donors (Lipinski definition) is 0. The van der Waals surface area contributed by atoms with Gasteiger partial charge in [0.05, 0.1) is 6.26 Å². The van der Waals surface area contributed by atoms with Crippen molar-refractivity contribution in [1.29, 1.82) is 0 Å². The Morgan fingerprint density at radius 1 is 0.905 bits per heavy atom. The highest BCUT2D eigenvalue weighted by atomic mass is 16.3. The molecule has 0 radical (unpaired) electrons. The Bertz CT molecular complexity index is 743. The van der Waals surface area contributed by atoms with Gasteiger partial charge in [-0.15, -0.1) is 0 Å². The molecule has 1 heterocycles. The first-order chi connectivity index (χ1) is 9.99. The molecule has 1 aromatic heterocycles. The maximum Gasteiger partial charge on any atom is 0.108 e. The van der Waals surface area contributed by atoms with Crippen LogP contribution in [0.2, 0.25) is 0 Å². The Kier molecular flexibility index (Phi) is 3.36. The smallest absolute Gasteiger partial charge is 0.108 e. The summed E-state index contributed by atoms with van der Waals surface area (Å²) in [7, 11) is 0. The van der Waals surface area contributed by atoms with Crippen LogP contribution < -0.4 is 0 Å². The summed E-state index contributed by atoms with van der Waals surface area (Å²) in [5, 5.41) is 0. The van der Waals surface area contributed by atoms with E-state index in [2.05, 4.69) is 58.1 Å². The van der Waals surface area contributed by atoms with Crippen molar-refractivity contribution < 1.29 is 4.42 Å². The summed E-state index contributed by atoms with van der Waals surface area (Å²) in [5.41, 5.74) is 9.00. The third kappa shape index (κ3) is 2.27. The predicted molar refractivity (Wildman–Crippen MR) is 89.8 cm³/mol. The van der Waals surface area contributed by atoms with Gasteiger partial charge in [0.25, 0.3) is 0 Å². The molecule has 0 aromatic carbocycles. The Morgan fingerprint density at radius 2 is 1.62 bits per heavy atom. The standard InChI is InChI=1S/C20H22O/c1-12(2)16-8-6-14(4)20-18(10-16)13(3)7-9-17-15(5)21-11-19(17)20/h6-12H,1-5H3. The van der Waals surface area contributed by atoms with Gasteiger partial charge in [0.15, 0.2) is 0 Å². The van der Waals surface area contributed by atoms with E-state index in [1.54, 1.807) is 0 Å². The molecule has 1 heteroatoms. The molecule has 0 saturated carbocycles. The van der Waals surface area contributed by atoms with E-state index in [4.69, 9.17) is 4.42 Å². The highest BCUT2D eigenvalue weighted by Crippen LogP contribution is 2.40. The van der Waals surface area contributed by atoms with E-state index in [9.17, 15) is 0 Å². The van der Waals surface area contributed by atoms with Gasteiger partial charge in [0.1, 0.15) is 5.76 Å². The molecular weight excluding hydrogens is 256 g/mol. The van der Waals surface area contributed by atoms with Crippen molar-refractivity contribution in [2.45, 2.75) is 34.6 Å². The Morgan fingerprint density at radius 3 is 2.33 bits per heavy atom. The molecule has 0 unspecified atom stereocenters. The monoisotopic (exact) mass is 278 g/mol. The molecule has 3 rings (SSSR count). The van der Waals surface area contributed by atoms with Gasteiger partial charge in [-0.2, -0.15) is 0 Å². The molecule has 108 valence electrons. The van der Waals surface area contributed by atoms with Crippen LogP contribution in [-0.2, 0) is 0 Å². The first-order valence-corrected chi connectivity index (χ1v) is 7.57. The van der Waals surface area contributed by atoms with Gasteiger partial charge in [0.2, 0.25) is 0 Å². The molecule has 0 amide bonds. The molecule has 2 aliphatic carbocycles. The average molecular weight is 278 g/mol. The van der Waals surface area contributed by atoms with Crippen LogP contribution in [0.25, 0.3) is 11.6 Å². The maximum absolute atomic E-state index is 5.67. The van der Waals surface area contributed by atoms with Gasteiger partial charge in [-0.05, 0) is 54.6 Å². The molecule has 1 nitrogen and oxygen atoms in total. The van der Waals surface area contributed by atoms with Gasteiger partial charge in [-0.1, -0.05) is 44.2 Å². The Labute approximate surface area is 127 Å². The summed E-state index contributed by atoms with van der Waals surface area (Å²) in [6, 6.07) is 0. The van der Waals surface area contributed by atoms with E-state index >= 15 is 0 Å². The van der Waals surface area contributed by atoms with Gasteiger partial charge in [-0.3, -0.25) is 0 Å². The van der Waals surface area contributed by atoms with Crippen LogP contribution in [0.1, 0.15) is 44.6 Å². The minimum atomic E-state index is 0.520. The average Bonchev–Trinajstić information content (AvgIpc) is 2.62. The van der Waals surface area contributed by atoms with Crippen molar-refractivity contribution in [1.82, 2.24) is 0 Å². The zero-order chi connectivity index (χ0) is 15.1. The fourth-order valence-electron chi connectivity index (χ4n) is 2.99. The van der Waals surface area contributed by atoms with E-state index in [0.29, 0.717) is 5.92 Å². The third-order valence-electron chi connectivity index (χ3n) is 4.38. The van der Waals surface area contributed by atoms with Gasteiger partial charge in [-0.25, -0.2) is 0 Å². The van der Waals surface area contributed by atoms with Gasteiger partial charge < -0.3 is 4.42 Å². The summed E-state index contributed by atoms with van der Waals surface area (Å²) in [6.07, 6.45) is 13.1. The molecule has 0 N–H and O–H groups in total. The summed E-state index contributed by atoms with van der Waals surface area (Å²) in [6.45, 7) is 10.9. The lowest BCUT2D eigenvalue weighted by Crippen LogP contribution is -1.94. The van der Waals surface area contributed by atoms with Crippen LogP contribution in [0.3, 0.4) is 0 Å². The van der Waals surface area contributed by atoms with Crippen molar-refractivity contribution in [2.24, 2.45) is 5.92 Å². The maximum atomic E-state index is 5.67. The molecule has 0 atom stereocenters. The molecule has 0 saturated heterocycles. The summed E-state index contributed by atoms with van der Waals surface area (Å²) < 4.78 is 5.67. The molecular formula is C20H22O. The Balaban J connectivity index is 2.31. The summed E-state index contributed by atoms with van der Waals surface area (Å²) in [4.78, 5) is 0. The van der Waals surface area contributed by atoms with Crippen molar-refractivity contribution in [2.75, 3.05) is 0 Å². The van der Waals surface area contributed by atoms with Crippen molar-refractivity contribution >= 4 is 11.6 Å². The molecule has 21 heavy (non-hydrogen) atoms. The molecule has 0 spiro atoms. The number of rotatable bonds is 1. The van der Waals surface area contributed by atoms with Crippen LogP contribution in [0.15, 0.2) is 57.3 Å². The second-order valence-corrected chi connectivity index (χ2v) is 6.24. The highest BCUT2D eigenvalue weighted by Gasteiger charge is 2.22. The first-order valence-electron chi connectivity index (χ1n) is 7.57. The number of furan rings is 1. The lowest BCUT2D eigenvalue weighted by atomic mass is 9.91. The number of fused-ring (bicyclic) bond motifs is 3. The number of hydrogen-bond acceptors (Lipinski definition) is 1. The van der Waals surface area contributed by atoms with Crippen molar-refractivity contribution in [3.63, 3.8) is 0 Å². The minimum Gasteiger partial charge on any atom is -0.468 e. The van der Waals surface area contributed by atoms with Gasteiger partial charge in [0, 0.05) is 11.1 Å². The number of allylic oxidation sites excluding steroid dienone is 9. The topological polar surface area (TPSA) is 13.1 Å². The zero-order valence-corrected chi connectivity index (χ0v) is 13.4. The molecule has 0 fully saturated rings. The number of aryl methyl sites for hydroxylation is 1. The fraction of sp³-hybridized carbons (Fsp3) is 0.300. The minimum absolute atomic E-state index is 0.520. The Hall–Kier alpha value is -2.02. The van der Waals surface area contributed by atoms with E-state index in [-0.39, 0.29) is 0 Å². The first kappa shape index (κ1) is 13.9. The van der Waals surface area contributed by atoms with Crippen LogP contribution >= 0.6 is 0 Å². The van der Waals surface area contributed by atoms with Crippen LogP contribution in [0, 0.1) is 12.8 Å². The van der Waals surface area contributed by atoms with E-state index < -0.39 is 0 Å². The summed E-state index contributed by atoms with van der Waals surface area (Å²) >= 11 is 0.